The van der Waals surface area contributed by atoms with Gasteiger partial charge in [0.05, 0.1) is 11.8 Å². The van der Waals surface area contributed by atoms with E-state index in [0.717, 1.165) is 4.90 Å². The maximum atomic E-state index is 12.9. The molecule has 0 radical (unpaired) electrons. The Morgan fingerprint density at radius 2 is 1.66 bits per heavy atom. The molecule has 1 fully saturated rings. The Bertz CT molecular complexity index is 825. The van der Waals surface area contributed by atoms with Gasteiger partial charge in [-0.05, 0) is 44.4 Å². The third-order valence-electron chi connectivity index (χ3n) is 5.31. The standard InChI is InChI=1S/C21H23FN2O5/c1-12(24-19(26)16-5-3-4-6-17(16)20(24)27)21(28)29-13(2)18(25)23-11-14-7-9-15(22)10-8-14/h3-4,7-10,12-13,16-17H,5-6,11H2,1-2H3,(H,23,25)/t12-,13-,16-,17+/m0/s1. The van der Waals surface area contributed by atoms with E-state index in [0.29, 0.717) is 18.4 Å². The Balaban J connectivity index is 1.54. The normalized spacial score (nSPS) is 22.8. The van der Waals surface area contributed by atoms with E-state index in [1.165, 1.54) is 38.1 Å². The number of hydrogen-bond donors (Lipinski definition) is 1. The van der Waals surface area contributed by atoms with Gasteiger partial charge < -0.3 is 10.1 Å². The molecule has 29 heavy (non-hydrogen) atoms. The molecule has 0 aromatic heterocycles. The summed E-state index contributed by atoms with van der Waals surface area (Å²) in [5.74, 6) is -3.34. The fourth-order valence-electron chi connectivity index (χ4n) is 3.57. The molecule has 7 nitrogen and oxygen atoms in total. The lowest BCUT2D eigenvalue weighted by Gasteiger charge is -2.23. The van der Waals surface area contributed by atoms with Crippen LogP contribution in [0.2, 0.25) is 0 Å². The number of ether oxygens (including phenoxy) is 1. The van der Waals surface area contributed by atoms with Crippen molar-refractivity contribution < 1.29 is 28.3 Å². The minimum Gasteiger partial charge on any atom is -0.451 e. The van der Waals surface area contributed by atoms with E-state index in [-0.39, 0.29) is 24.2 Å². The molecule has 1 heterocycles. The molecule has 0 unspecified atom stereocenters. The summed E-state index contributed by atoms with van der Waals surface area (Å²) in [6, 6.07) is 4.53. The minimum absolute atomic E-state index is 0.149. The fraction of sp³-hybridized carbons (Fsp3) is 0.429. The van der Waals surface area contributed by atoms with E-state index >= 15 is 0 Å². The lowest BCUT2D eigenvalue weighted by molar-refractivity contribution is -0.164. The molecule has 0 saturated carbocycles. The number of carbonyl (C=O) groups is 4. The first-order chi connectivity index (χ1) is 13.8. The van der Waals surface area contributed by atoms with Crippen LogP contribution >= 0.6 is 0 Å². The third-order valence-corrected chi connectivity index (χ3v) is 5.31. The molecule has 3 amide bonds. The van der Waals surface area contributed by atoms with Crippen molar-refractivity contribution in [1.82, 2.24) is 10.2 Å². The summed E-state index contributed by atoms with van der Waals surface area (Å²) < 4.78 is 18.1. The van der Waals surface area contributed by atoms with Gasteiger partial charge >= 0.3 is 5.97 Å². The zero-order chi connectivity index (χ0) is 21.1. The Labute approximate surface area is 167 Å². The topological polar surface area (TPSA) is 92.8 Å². The van der Waals surface area contributed by atoms with Crippen molar-refractivity contribution >= 4 is 23.7 Å². The second kappa shape index (κ2) is 8.55. The number of nitrogens with zero attached hydrogens (tertiary/aromatic N) is 1. The Kier molecular flexibility index (Phi) is 6.10. The van der Waals surface area contributed by atoms with E-state index in [4.69, 9.17) is 4.74 Å². The van der Waals surface area contributed by atoms with Crippen molar-refractivity contribution in [2.45, 2.75) is 45.4 Å². The molecule has 0 bridgehead atoms. The number of esters is 1. The van der Waals surface area contributed by atoms with Gasteiger partial charge in [-0.2, -0.15) is 0 Å². The van der Waals surface area contributed by atoms with Crippen LogP contribution < -0.4 is 5.32 Å². The molecule has 1 aromatic carbocycles. The monoisotopic (exact) mass is 402 g/mol. The SMILES string of the molecule is C[C@H](OC(=O)[C@H](C)N1C(=O)[C@H]2CC=CC[C@H]2C1=O)C(=O)NCc1ccc(F)cc1. The first-order valence-electron chi connectivity index (χ1n) is 9.54. The first kappa shape index (κ1) is 20.7. The van der Waals surface area contributed by atoms with E-state index in [1.54, 1.807) is 0 Å². The number of imide groups is 1. The molecule has 1 aromatic rings. The Morgan fingerprint density at radius 3 is 2.21 bits per heavy atom. The lowest BCUT2D eigenvalue weighted by atomic mass is 9.85. The number of allylic oxidation sites excluding steroid dienone is 2. The van der Waals surface area contributed by atoms with Gasteiger partial charge in [0.2, 0.25) is 11.8 Å². The van der Waals surface area contributed by atoms with Crippen molar-refractivity contribution in [2.24, 2.45) is 11.8 Å². The van der Waals surface area contributed by atoms with Crippen molar-refractivity contribution in [3.8, 4) is 0 Å². The smallest absolute Gasteiger partial charge is 0.329 e. The molecule has 4 atom stereocenters. The highest BCUT2D eigenvalue weighted by atomic mass is 19.1. The number of benzene rings is 1. The number of halogens is 1. The summed E-state index contributed by atoms with van der Waals surface area (Å²) in [6.45, 7) is 2.98. The van der Waals surface area contributed by atoms with Crippen LogP contribution in [0.4, 0.5) is 4.39 Å². The van der Waals surface area contributed by atoms with E-state index < -0.39 is 35.9 Å². The Hall–Kier alpha value is -3.03. The number of likely N-dealkylation sites (tertiary alicyclic amines) is 1. The van der Waals surface area contributed by atoms with Crippen LogP contribution in [0.3, 0.4) is 0 Å². The number of fused-ring (bicyclic) bond motifs is 1. The maximum Gasteiger partial charge on any atom is 0.329 e. The van der Waals surface area contributed by atoms with Crippen LogP contribution in [0.5, 0.6) is 0 Å². The predicted molar refractivity (Wildman–Crippen MR) is 100 cm³/mol. The molecule has 1 N–H and O–H groups in total. The highest BCUT2D eigenvalue weighted by Gasteiger charge is 2.50. The third kappa shape index (κ3) is 4.36. The van der Waals surface area contributed by atoms with Crippen LogP contribution in [0.1, 0.15) is 32.3 Å². The van der Waals surface area contributed by atoms with Crippen molar-refractivity contribution in [1.29, 1.82) is 0 Å². The summed E-state index contributed by atoms with van der Waals surface area (Å²) in [7, 11) is 0. The van der Waals surface area contributed by atoms with Crippen molar-refractivity contribution in [3.05, 3.63) is 47.8 Å². The van der Waals surface area contributed by atoms with Crippen LogP contribution in [0, 0.1) is 17.7 Å². The molecule has 2 aliphatic rings. The van der Waals surface area contributed by atoms with Gasteiger partial charge in [-0.3, -0.25) is 19.3 Å². The first-order valence-corrected chi connectivity index (χ1v) is 9.54. The van der Waals surface area contributed by atoms with E-state index in [1.807, 2.05) is 12.2 Å². The molecule has 3 rings (SSSR count). The molecule has 0 spiro atoms. The largest absolute Gasteiger partial charge is 0.451 e. The average Bonchev–Trinajstić information content (AvgIpc) is 2.97. The van der Waals surface area contributed by atoms with Gasteiger partial charge in [0.15, 0.2) is 6.10 Å². The highest BCUT2D eigenvalue weighted by molar-refractivity contribution is 6.08. The fourth-order valence-corrected chi connectivity index (χ4v) is 3.57. The summed E-state index contributed by atoms with van der Waals surface area (Å²) in [6.07, 6.45) is 3.59. The van der Waals surface area contributed by atoms with Crippen molar-refractivity contribution in [2.75, 3.05) is 0 Å². The van der Waals surface area contributed by atoms with Crippen molar-refractivity contribution in [3.63, 3.8) is 0 Å². The summed E-state index contributed by atoms with van der Waals surface area (Å²) in [4.78, 5) is 50.7. The van der Waals surface area contributed by atoms with Gasteiger partial charge in [0.1, 0.15) is 11.9 Å². The number of rotatable bonds is 6. The van der Waals surface area contributed by atoms with Gasteiger partial charge in [0, 0.05) is 6.54 Å². The predicted octanol–water partition coefficient (Wildman–Crippen LogP) is 1.71. The van der Waals surface area contributed by atoms with Crippen LogP contribution in [-0.4, -0.2) is 40.7 Å². The van der Waals surface area contributed by atoms with Crippen LogP contribution in [0.25, 0.3) is 0 Å². The average molecular weight is 402 g/mol. The number of amides is 3. The minimum atomic E-state index is -1.11. The molecule has 1 aliphatic heterocycles. The second-order valence-corrected chi connectivity index (χ2v) is 7.30. The zero-order valence-electron chi connectivity index (χ0n) is 16.3. The molecule has 154 valence electrons. The lowest BCUT2D eigenvalue weighted by Crippen LogP contribution is -2.46. The molecular formula is C21H23FN2O5. The maximum absolute atomic E-state index is 12.9. The van der Waals surface area contributed by atoms with Crippen LogP contribution in [0.15, 0.2) is 36.4 Å². The zero-order valence-corrected chi connectivity index (χ0v) is 16.3. The second-order valence-electron chi connectivity index (χ2n) is 7.30. The summed E-state index contributed by atoms with van der Waals surface area (Å²) in [5.41, 5.74) is 0.691. The molecular weight excluding hydrogens is 379 g/mol. The van der Waals surface area contributed by atoms with E-state index in [9.17, 15) is 23.6 Å². The molecule has 1 aliphatic carbocycles. The number of carbonyl (C=O) groups excluding carboxylic acids is 4. The summed E-state index contributed by atoms with van der Waals surface area (Å²) >= 11 is 0. The summed E-state index contributed by atoms with van der Waals surface area (Å²) in [5, 5.41) is 2.60. The van der Waals surface area contributed by atoms with Gasteiger partial charge in [-0.15, -0.1) is 0 Å². The molecule has 8 heteroatoms. The van der Waals surface area contributed by atoms with Gasteiger partial charge in [-0.25, -0.2) is 9.18 Å². The Morgan fingerprint density at radius 1 is 1.10 bits per heavy atom. The number of nitrogens with one attached hydrogen (secondary N) is 1. The quantitative estimate of drug-likeness (QED) is 0.444. The molecule has 1 saturated heterocycles. The van der Waals surface area contributed by atoms with Gasteiger partial charge in [0.25, 0.3) is 5.91 Å². The highest BCUT2D eigenvalue weighted by Crippen LogP contribution is 2.36. The number of hydrogen-bond acceptors (Lipinski definition) is 5. The van der Waals surface area contributed by atoms with Gasteiger partial charge in [-0.1, -0.05) is 24.3 Å². The van der Waals surface area contributed by atoms with Crippen LogP contribution in [-0.2, 0) is 30.5 Å². The van der Waals surface area contributed by atoms with E-state index in [2.05, 4.69) is 5.32 Å².